The number of hydrogen-bond acceptors (Lipinski definition) is 6. The summed E-state index contributed by atoms with van der Waals surface area (Å²) >= 11 is 1.05. The lowest BCUT2D eigenvalue weighted by Crippen LogP contribution is -2.52. The van der Waals surface area contributed by atoms with Crippen LogP contribution in [0, 0.1) is 11.7 Å². The average molecular weight is 578 g/mol. The summed E-state index contributed by atoms with van der Waals surface area (Å²) in [6.45, 7) is 6.81. The molecule has 3 aliphatic heterocycles. The maximum absolute atomic E-state index is 13.9. The number of hydrogen-bond donors (Lipinski definition) is 1. The lowest BCUT2D eigenvalue weighted by molar-refractivity contribution is -0.137. The first-order chi connectivity index (χ1) is 19.6. The van der Waals surface area contributed by atoms with E-state index in [1.807, 2.05) is 24.3 Å². The third kappa shape index (κ3) is 4.75. The minimum atomic E-state index is -0.630. The number of urea groups is 1. The van der Waals surface area contributed by atoms with Gasteiger partial charge in [0.05, 0.1) is 28.2 Å². The van der Waals surface area contributed by atoms with Crippen molar-refractivity contribution >= 4 is 51.0 Å². The Labute approximate surface area is 241 Å². The van der Waals surface area contributed by atoms with Gasteiger partial charge in [-0.05, 0) is 61.1 Å². The van der Waals surface area contributed by atoms with E-state index in [0.717, 1.165) is 11.3 Å². The van der Waals surface area contributed by atoms with Gasteiger partial charge >= 0.3 is 6.03 Å². The Balaban J connectivity index is 1.17. The lowest BCUT2D eigenvalue weighted by Gasteiger charge is -2.32. The zero-order valence-corrected chi connectivity index (χ0v) is 24.0. The standard InChI is InChI=1S/C30H32FN5O4S/c1-16(2)18-6-9-20(10-7-18)32-30(40)34-13-4-5-23(34)28(38)35-14-12-22-25(35)17(3)27(37)36(22)29(39)26-33-21-11-8-19(31)15-24(21)41-26/h6-11,15-17,22-23,25H,4-5,12-14H2,1-3H3,(H,32,40)/t17-,22-,23-,25+/m0/s1. The van der Waals surface area contributed by atoms with Crippen LogP contribution in [0.3, 0.4) is 0 Å². The summed E-state index contributed by atoms with van der Waals surface area (Å²) in [4.78, 5) is 62.8. The summed E-state index contributed by atoms with van der Waals surface area (Å²) < 4.78 is 14.2. The van der Waals surface area contributed by atoms with Crippen LogP contribution >= 0.6 is 11.3 Å². The molecule has 0 saturated carbocycles. The second-order valence-electron chi connectivity index (χ2n) is 11.4. The predicted molar refractivity (Wildman–Crippen MR) is 153 cm³/mol. The highest BCUT2D eigenvalue weighted by atomic mass is 32.1. The molecule has 2 aromatic carbocycles. The van der Waals surface area contributed by atoms with Crippen LogP contribution < -0.4 is 5.32 Å². The lowest BCUT2D eigenvalue weighted by atomic mass is 10.0. The molecule has 41 heavy (non-hydrogen) atoms. The smallest absolute Gasteiger partial charge is 0.322 e. The Morgan fingerprint density at radius 3 is 2.54 bits per heavy atom. The number of benzene rings is 2. The number of anilines is 1. The van der Waals surface area contributed by atoms with Gasteiger partial charge in [-0.15, -0.1) is 11.3 Å². The number of thiazole rings is 1. The number of imide groups is 1. The van der Waals surface area contributed by atoms with Crippen molar-refractivity contribution in [2.45, 2.75) is 64.1 Å². The Hall–Kier alpha value is -3.86. The number of carbonyl (C=O) groups excluding carboxylic acids is 4. The quantitative estimate of drug-likeness (QED) is 0.447. The minimum Gasteiger partial charge on any atom is -0.335 e. The van der Waals surface area contributed by atoms with Gasteiger partial charge in [-0.3, -0.25) is 19.3 Å². The Morgan fingerprint density at radius 2 is 1.80 bits per heavy atom. The third-order valence-electron chi connectivity index (χ3n) is 8.55. The van der Waals surface area contributed by atoms with Gasteiger partial charge < -0.3 is 15.1 Å². The minimum absolute atomic E-state index is 0.122. The molecular weight excluding hydrogens is 545 g/mol. The molecule has 11 heteroatoms. The average Bonchev–Trinajstić information content (AvgIpc) is 3.73. The van der Waals surface area contributed by atoms with Crippen molar-refractivity contribution in [1.82, 2.24) is 19.7 Å². The fourth-order valence-corrected chi connectivity index (χ4v) is 7.35. The number of nitrogens with one attached hydrogen (secondary N) is 1. The van der Waals surface area contributed by atoms with Crippen LogP contribution in [-0.4, -0.2) is 74.7 Å². The van der Waals surface area contributed by atoms with Gasteiger partial charge in [0.25, 0.3) is 5.91 Å². The van der Waals surface area contributed by atoms with Crippen LogP contribution in [0.25, 0.3) is 10.2 Å². The maximum atomic E-state index is 13.9. The first kappa shape index (κ1) is 27.3. The van der Waals surface area contributed by atoms with Gasteiger partial charge in [-0.1, -0.05) is 32.9 Å². The van der Waals surface area contributed by atoms with Crippen molar-refractivity contribution in [3.05, 3.63) is 58.9 Å². The number of likely N-dealkylation sites (tertiary alicyclic amines) is 3. The van der Waals surface area contributed by atoms with Crippen LogP contribution in [0.15, 0.2) is 42.5 Å². The van der Waals surface area contributed by atoms with E-state index in [1.165, 1.54) is 28.7 Å². The Kier molecular flexibility index (Phi) is 7.01. The molecule has 3 saturated heterocycles. The molecule has 1 N–H and O–H groups in total. The number of amides is 5. The molecule has 6 rings (SSSR count). The highest BCUT2D eigenvalue weighted by molar-refractivity contribution is 7.20. The molecule has 0 bridgehead atoms. The topological polar surface area (TPSA) is 103 Å². The largest absolute Gasteiger partial charge is 0.335 e. The normalized spacial score (nSPS) is 24.0. The van der Waals surface area contributed by atoms with Crippen LogP contribution in [0.2, 0.25) is 0 Å². The van der Waals surface area contributed by atoms with E-state index in [2.05, 4.69) is 24.1 Å². The summed E-state index contributed by atoms with van der Waals surface area (Å²) in [6.07, 6.45) is 1.70. The van der Waals surface area contributed by atoms with E-state index in [-0.39, 0.29) is 22.9 Å². The molecule has 0 aliphatic carbocycles. The van der Waals surface area contributed by atoms with E-state index in [1.54, 1.807) is 16.7 Å². The molecule has 4 heterocycles. The van der Waals surface area contributed by atoms with Gasteiger partial charge in [0.2, 0.25) is 11.8 Å². The molecule has 0 spiro atoms. The molecule has 5 amide bonds. The van der Waals surface area contributed by atoms with Gasteiger partial charge in [-0.2, -0.15) is 0 Å². The first-order valence-corrected chi connectivity index (χ1v) is 14.9. The van der Waals surface area contributed by atoms with Crippen molar-refractivity contribution in [1.29, 1.82) is 0 Å². The van der Waals surface area contributed by atoms with Gasteiger partial charge in [0.15, 0.2) is 5.01 Å². The van der Waals surface area contributed by atoms with Crippen LogP contribution in [0.4, 0.5) is 14.9 Å². The molecule has 3 aromatic rings. The highest BCUT2D eigenvalue weighted by Gasteiger charge is 2.56. The second kappa shape index (κ2) is 10.5. The van der Waals surface area contributed by atoms with Crippen molar-refractivity contribution in [2.75, 3.05) is 18.4 Å². The highest BCUT2D eigenvalue weighted by Crippen LogP contribution is 2.39. The monoisotopic (exact) mass is 577 g/mol. The fraction of sp³-hybridized carbons (Fsp3) is 0.433. The van der Waals surface area contributed by atoms with Gasteiger partial charge in [0.1, 0.15) is 11.9 Å². The molecule has 9 nitrogen and oxygen atoms in total. The molecule has 1 aromatic heterocycles. The van der Waals surface area contributed by atoms with E-state index in [4.69, 9.17) is 0 Å². The van der Waals surface area contributed by atoms with E-state index in [9.17, 15) is 23.6 Å². The summed E-state index contributed by atoms with van der Waals surface area (Å²) in [5.41, 5.74) is 2.33. The Morgan fingerprint density at radius 1 is 1.05 bits per heavy atom. The summed E-state index contributed by atoms with van der Waals surface area (Å²) in [5.74, 6) is -1.68. The van der Waals surface area contributed by atoms with E-state index in [0.29, 0.717) is 54.2 Å². The van der Waals surface area contributed by atoms with Gasteiger partial charge in [-0.25, -0.2) is 14.2 Å². The molecule has 3 fully saturated rings. The van der Waals surface area contributed by atoms with Crippen LogP contribution in [0.5, 0.6) is 0 Å². The SMILES string of the molecule is CC(C)c1ccc(NC(=O)N2CCC[C@H]2C(=O)N2CC[C@H]3[C@H]2[C@H](C)C(=O)N3C(=O)c2nc3ccc(F)cc3s2)cc1. The van der Waals surface area contributed by atoms with Gasteiger partial charge in [0, 0.05) is 18.8 Å². The maximum Gasteiger partial charge on any atom is 0.322 e. The zero-order chi connectivity index (χ0) is 29.0. The van der Waals surface area contributed by atoms with Crippen molar-refractivity contribution < 1.29 is 23.6 Å². The third-order valence-corrected chi connectivity index (χ3v) is 9.56. The molecular formula is C30H32FN5O4S. The molecule has 214 valence electrons. The number of halogens is 1. The molecule has 0 unspecified atom stereocenters. The van der Waals surface area contributed by atoms with Crippen molar-refractivity contribution in [3.8, 4) is 0 Å². The Bertz CT molecular complexity index is 1540. The fourth-order valence-electron chi connectivity index (χ4n) is 6.42. The van der Waals surface area contributed by atoms with Crippen LogP contribution in [0.1, 0.15) is 61.3 Å². The summed E-state index contributed by atoms with van der Waals surface area (Å²) in [5, 5.41) is 3.04. The number of nitrogens with zero attached hydrogens (tertiary/aromatic N) is 4. The van der Waals surface area contributed by atoms with Crippen molar-refractivity contribution in [2.24, 2.45) is 5.92 Å². The first-order valence-electron chi connectivity index (χ1n) is 14.1. The van der Waals surface area contributed by atoms with Crippen LogP contribution in [-0.2, 0) is 9.59 Å². The number of rotatable bonds is 4. The number of fused-ring (bicyclic) bond motifs is 2. The van der Waals surface area contributed by atoms with E-state index < -0.39 is 35.8 Å². The molecule has 0 radical (unpaired) electrons. The van der Waals surface area contributed by atoms with E-state index >= 15 is 0 Å². The predicted octanol–water partition coefficient (Wildman–Crippen LogP) is 4.84. The molecule has 3 aliphatic rings. The zero-order valence-electron chi connectivity index (χ0n) is 23.2. The number of aromatic nitrogens is 1. The summed E-state index contributed by atoms with van der Waals surface area (Å²) in [7, 11) is 0. The summed E-state index contributed by atoms with van der Waals surface area (Å²) in [6, 6.07) is 9.91. The molecule has 4 atom stereocenters. The van der Waals surface area contributed by atoms with Crippen molar-refractivity contribution in [3.63, 3.8) is 0 Å². The second-order valence-corrected chi connectivity index (χ2v) is 12.4. The number of carbonyl (C=O) groups is 4.